The largest absolute Gasteiger partial charge is 0.0616 e. The zero-order chi connectivity index (χ0) is 18.2. The van der Waals surface area contributed by atoms with Crippen molar-refractivity contribution >= 4 is 21.5 Å². The Balaban J connectivity index is 1.56. The SMILES string of the molecule is Cc1ccc(-c2ccc3cc(-c4ccc5ccccc5c4)ccc3c2)cc1. The second kappa shape index (κ2) is 6.41. The molecule has 0 aliphatic rings. The first-order valence-corrected chi connectivity index (χ1v) is 9.36. The molecule has 0 nitrogen and oxygen atoms in total. The fourth-order valence-electron chi connectivity index (χ4n) is 3.72. The van der Waals surface area contributed by atoms with Crippen molar-refractivity contribution in [1.82, 2.24) is 0 Å². The van der Waals surface area contributed by atoms with Crippen LogP contribution in [-0.4, -0.2) is 0 Å². The lowest BCUT2D eigenvalue weighted by Crippen LogP contribution is -1.83. The molecule has 0 heterocycles. The average molecular weight is 344 g/mol. The van der Waals surface area contributed by atoms with Crippen LogP contribution >= 0.6 is 0 Å². The third kappa shape index (κ3) is 3.00. The first-order valence-electron chi connectivity index (χ1n) is 9.36. The molecule has 0 unspecified atom stereocenters. The Bertz CT molecular complexity index is 1260. The number of benzene rings is 5. The van der Waals surface area contributed by atoms with Gasteiger partial charge in [0.2, 0.25) is 0 Å². The van der Waals surface area contributed by atoms with Crippen molar-refractivity contribution in [2.24, 2.45) is 0 Å². The topological polar surface area (TPSA) is 0 Å². The molecular formula is C27H20. The van der Waals surface area contributed by atoms with Crippen LogP contribution in [0.25, 0.3) is 43.8 Å². The standard InChI is InChI=1S/C27H20/c1-19-6-8-21(9-7-19)23-12-13-26-18-27(15-14-25(26)17-23)24-11-10-20-4-2-3-5-22(20)16-24/h2-18H,1H3. The second-order valence-electron chi connectivity index (χ2n) is 7.20. The van der Waals surface area contributed by atoms with Crippen LogP contribution in [0.3, 0.4) is 0 Å². The number of aryl methyl sites for hydroxylation is 1. The van der Waals surface area contributed by atoms with E-state index in [0.717, 1.165) is 0 Å². The van der Waals surface area contributed by atoms with Crippen LogP contribution in [0.15, 0.2) is 103 Å². The number of hydrogen-bond donors (Lipinski definition) is 0. The summed E-state index contributed by atoms with van der Waals surface area (Å²) in [4.78, 5) is 0. The molecule has 0 heteroatoms. The van der Waals surface area contributed by atoms with Gasteiger partial charge in [-0.3, -0.25) is 0 Å². The fourth-order valence-corrected chi connectivity index (χ4v) is 3.72. The van der Waals surface area contributed by atoms with Crippen LogP contribution in [-0.2, 0) is 0 Å². The van der Waals surface area contributed by atoms with Crippen molar-refractivity contribution in [2.45, 2.75) is 6.92 Å². The summed E-state index contributed by atoms with van der Waals surface area (Å²) in [5, 5.41) is 5.11. The van der Waals surface area contributed by atoms with Gasteiger partial charge in [0, 0.05) is 0 Å². The molecule has 128 valence electrons. The van der Waals surface area contributed by atoms with Crippen LogP contribution < -0.4 is 0 Å². The molecule has 5 aromatic carbocycles. The molecule has 0 N–H and O–H groups in total. The lowest BCUT2D eigenvalue weighted by Gasteiger charge is -2.08. The molecule has 0 fully saturated rings. The summed E-state index contributed by atoms with van der Waals surface area (Å²) in [6, 6.07) is 37.4. The molecule has 0 aliphatic carbocycles. The van der Waals surface area contributed by atoms with Crippen LogP contribution in [0.1, 0.15) is 5.56 Å². The quantitative estimate of drug-likeness (QED) is 0.309. The maximum Gasteiger partial charge on any atom is -0.0177 e. The van der Waals surface area contributed by atoms with E-state index in [1.807, 2.05) is 0 Å². The van der Waals surface area contributed by atoms with Crippen molar-refractivity contribution in [2.75, 3.05) is 0 Å². The lowest BCUT2D eigenvalue weighted by atomic mass is 9.96. The summed E-state index contributed by atoms with van der Waals surface area (Å²) < 4.78 is 0. The molecule has 0 aromatic heterocycles. The van der Waals surface area contributed by atoms with Gasteiger partial charge in [0.1, 0.15) is 0 Å². The summed E-state index contributed by atoms with van der Waals surface area (Å²) >= 11 is 0. The van der Waals surface area contributed by atoms with Gasteiger partial charge < -0.3 is 0 Å². The number of hydrogen-bond acceptors (Lipinski definition) is 0. The van der Waals surface area contributed by atoms with Gasteiger partial charge in [-0.1, -0.05) is 90.5 Å². The van der Waals surface area contributed by atoms with Gasteiger partial charge >= 0.3 is 0 Å². The summed E-state index contributed by atoms with van der Waals surface area (Å²) in [7, 11) is 0. The minimum atomic E-state index is 1.26. The first kappa shape index (κ1) is 15.8. The first-order chi connectivity index (χ1) is 13.3. The molecule has 0 radical (unpaired) electrons. The zero-order valence-electron chi connectivity index (χ0n) is 15.3. The number of rotatable bonds is 2. The Morgan fingerprint density at radius 1 is 0.370 bits per heavy atom. The van der Waals surface area contributed by atoms with E-state index in [2.05, 4.69) is 110 Å². The summed E-state index contributed by atoms with van der Waals surface area (Å²) in [6.07, 6.45) is 0. The molecule has 27 heavy (non-hydrogen) atoms. The monoisotopic (exact) mass is 344 g/mol. The summed E-state index contributed by atoms with van der Waals surface area (Å²) in [6.45, 7) is 2.12. The van der Waals surface area contributed by atoms with Crippen LogP contribution in [0.2, 0.25) is 0 Å². The van der Waals surface area contributed by atoms with Gasteiger partial charge in [-0.15, -0.1) is 0 Å². The normalized spacial score (nSPS) is 11.1. The highest BCUT2D eigenvalue weighted by molar-refractivity contribution is 5.93. The lowest BCUT2D eigenvalue weighted by molar-refractivity contribution is 1.47. The highest BCUT2D eigenvalue weighted by Gasteiger charge is 2.04. The Morgan fingerprint density at radius 2 is 0.778 bits per heavy atom. The average Bonchev–Trinajstić information content (AvgIpc) is 2.73. The van der Waals surface area contributed by atoms with Crippen LogP contribution in [0.5, 0.6) is 0 Å². The van der Waals surface area contributed by atoms with E-state index in [9.17, 15) is 0 Å². The summed E-state index contributed by atoms with van der Waals surface area (Å²) in [5.41, 5.74) is 6.34. The van der Waals surface area contributed by atoms with E-state index < -0.39 is 0 Å². The molecular weight excluding hydrogens is 324 g/mol. The van der Waals surface area contributed by atoms with E-state index >= 15 is 0 Å². The molecule has 0 atom stereocenters. The van der Waals surface area contributed by atoms with Crippen molar-refractivity contribution in [1.29, 1.82) is 0 Å². The molecule has 0 saturated carbocycles. The maximum atomic E-state index is 2.29. The second-order valence-corrected chi connectivity index (χ2v) is 7.20. The molecule has 0 saturated heterocycles. The van der Waals surface area contributed by atoms with Gasteiger partial charge in [-0.2, -0.15) is 0 Å². The maximum absolute atomic E-state index is 2.29. The van der Waals surface area contributed by atoms with Crippen molar-refractivity contribution in [3.05, 3.63) is 109 Å². The molecule has 0 amide bonds. The van der Waals surface area contributed by atoms with Gasteiger partial charge in [0.25, 0.3) is 0 Å². The highest BCUT2D eigenvalue weighted by atomic mass is 14.1. The number of fused-ring (bicyclic) bond motifs is 2. The third-order valence-corrected chi connectivity index (χ3v) is 5.31. The Kier molecular flexibility index (Phi) is 3.76. The van der Waals surface area contributed by atoms with E-state index in [1.54, 1.807) is 0 Å². The van der Waals surface area contributed by atoms with Gasteiger partial charge in [-0.25, -0.2) is 0 Å². The van der Waals surface area contributed by atoms with Crippen molar-refractivity contribution in [3.8, 4) is 22.3 Å². The molecule has 5 aromatic rings. The molecule has 0 spiro atoms. The van der Waals surface area contributed by atoms with E-state index in [-0.39, 0.29) is 0 Å². The molecule has 0 bridgehead atoms. The van der Waals surface area contributed by atoms with Crippen LogP contribution in [0, 0.1) is 6.92 Å². The van der Waals surface area contributed by atoms with Gasteiger partial charge in [0.15, 0.2) is 0 Å². The zero-order valence-corrected chi connectivity index (χ0v) is 15.3. The predicted molar refractivity (Wildman–Crippen MR) is 117 cm³/mol. The summed E-state index contributed by atoms with van der Waals surface area (Å²) in [5.74, 6) is 0. The Hall–Kier alpha value is -3.38. The highest BCUT2D eigenvalue weighted by Crippen LogP contribution is 2.30. The fraction of sp³-hybridized carbons (Fsp3) is 0.0370. The minimum Gasteiger partial charge on any atom is -0.0616 e. The molecule has 5 rings (SSSR count). The predicted octanol–water partition coefficient (Wildman–Crippen LogP) is 7.64. The third-order valence-electron chi connectivity index (χ3n) is 5.31. The van der Waals surface area contributed by atoms with Crippen molar-refractivity contribution < 1.29 is 0 Å². The minimum absolute atomic E-state index is 1.26. The van der Waals surface area contributed by atoms with Gasteiger partial charge in [-0.05, 0) is 68.9 Å². The Labute approximate surface area is 159 Å². The van der Waals surface area contributed by atoms with E-state index in [1.165, 1.54) is 49.4 Å². The van der Waals surface area contributed by atoms with Gasteiger partial charge in [0.05, 0.1) is 0 Å². The smallest absolute Gasteiger partial charge is 0.0177 e. The van der Waals surface area contributed by atoms with E-state index in [0.29, 0.717) is 0 Å². The van der Waals surface area contributed by atoms with Crippen molar-refractivity contribution in [3.63, 3.8) is 0 Å². The van der Waals surface area contributed by atoms with Crippen LogP contribution in [0.4, 0.5) is 0 Å². The van der Waals surface area contributed by atoms with E-state index in [4.69, 9.17) is 0 Å². The molecule has 0 aliphatic heterocycles. The Morgan fingerprint density at radius 3 is 1.37 bits per heavy atom.